The Morgan fingerprint density at radius 1 is 1.31 bits per heavy atom. The third-order valence-corrected chi connectivity index (χ3v) is 4.94. The van der Waals surface area contributed by atoms with Gasteiger partial charge in [-0.2, -0.15) is 0 Å². The Labute approximate surface area is 155 Å². The summed E-state index contributed by atoms with van der Waals surface area (Å²) in [5, 5.41) is 13.9. The second kappa shape index (κ2) is 8.61. The Bertz CT molecular complexity index is 698. The Balaban J connectivity index is 2.25. The molecule has 0 saturated carbocycles. The third-order valence-electron chi connectivity index (χ3n) is 3.82. The van der Waals surface area contributed by atoms with Crippen molar-refractivity contribution < 1.29 is 29.0 Å². The van der Waals surface area contributed by atoms with Gasteiger partial charge in [0.05, 0.1) is 24.4 Å². The van der Waals surface area contributed by atoms with Crippen molar-refractivity contribution in [3.05, 3.63) is 16.0 Å². The lowest BCUT2D eigenvalue weighted by atomic mass is 9.93. The molecule has 2 rings (SSSR count). The van der Waals surface area contributed by atoms with Gasteiger partial charge in [-0.05, 0) is 32.8 Å². The van der Waals surface area contributed by atoms with Gasteiger partial charge in [0.15, 0.2) is 0 Å². The van der Waals surface area contributed by atoms with Crippen LogP contribution in [-0.2, 0) is 32.1 Å². The van der Waals surface area contributed by atoms with Crippen molar-refractivity contribution in [2.75, 3.05) is 25.1 Å². The first kappa shape index (κ1) is 20.3. The summed E-state index contributed by atoms with van der Waals surface area (Å²) in [5.74, 6) is -2.22. The fourth-order valence-corrected chi connectivity index (χ4v) is 3.70. The number of anilines is 1. The van der Waals surface area contributed by atoms with Gasteiger partial charge < -0.3 is 25.2 Å². The summed E-state index contributed by atoms with van der Waals surface area (Å²) >= 11 is 1.21. The van der Waals surface area contributed by atoms with E-state index >= 15 is 0 Å². The van der Waals surface area contributed by atoms with Crippen LogP contribution in [0, 0.1) is 0 Å². The number of carbonyl (C=O) groups excluding carboxylic acids is 3. The van der Waals surface area contributed by atoms with Crippen LogP contribution in [0.25, 0.3) is 0 Å². The molecular weight excluding hydrogens is 360 g/mol. The Morgan fingerprint density at radius 3 is 2.69 bits per heavy atom. The van der Waals surface area contributed by atoms with Crippen LogP contribution >= 0.6 is 11.3 Å². The molecule has 0 aliphatic carbocycles. The molecule has 1 aliphatic heterocycles. The summed E-state index contributed by atoms with van der Waals surface area (Å²) in [7, 11) is 0. The second-order valence-corrected chi connectivity index (χ2v) is 7.55. The number of fused-ring (bicyclic) bond motifs is 1. The van der Waals surface area contributed by atoms with Crippen molar-refractivity contribution in [2.24, 2.45) is 0 Å². The zero-order chi connectivity index (χ0) is 19.3. The summed E-state index contributed by atoms with van der Waals surface area (Å²) in [4.78, 5) is 37.2. The maximum Gasteiger partial charge on any atom is 0.341 e. The molecule has 0 spiro atoms. The highest BCUT2D eigenvalue weighted by atomic mass is 32.1. The molecule has 1 aliphatic rings. The van der Waals surface area contributed by atoms with Crippen LogP contribution in [0.1, 0.15) is 48.0 Å². The number of aliphatic hydroxyl groups excluding tert-OH is 1. The SMILES string of the molecule is CCOC(=O)c1c(NC(=O)C(=O)NCCCO)sc2c1CC(C)(C)OC2. The molecule has 0 atom stereocenters. The van der Waals surface area contributed by atoms with Crippen LogP contribution in [0.5, 0.6) is 0 Å². The molecular formula is C17H24N2O6S. The highest BCUT2D eigenvalue weighted by Crippen LogP contribution is 2.40. The van der Waals surface area contributed by atoms with E-state index in [1.54, 1.807) is 6.92 Å². The predicted molar refractivity (Wildman–Crippen MR) is 96.2 cm³/mol. The number of nitrogens with one attached hydrogen (secondary N) is 2. The van der Waals surface area contributed by atoms with Crippen molar-refractivity contribution in [1.82, 2.24) is 5.32 Å². The van der Waals surface area contributed by atoms with Crippen LogP contribution in [0.3, 0.4) is 0 Å². The quantitative estimate of drug-likeness (QED) is 0.386. The number of amides is 2. The molecule has 0 radical (unpaired) electrons. The highest BCUT2D eigenvalue weighted by Gasteiger charge is 2.34. The molecule has 2 heterocycles. The molecule has 0 fully saturated rings. The maximum absolute atomic E-state index is 12.4. The van der Waals surface area contributed by atoms with Crippen molar-refractivity contribution >= 4 is 34.1 Å². The highest BCUT2D eigenvalue weighted by molar-refractivity contribution is 7.17. The number of rotatable bonds is 6. The van der Waals surface area contributed by atoms with Gasteiger partial charge in [-0.15, -0.1) is 11.3 Å². The zero-order valence-corrected chi connectivity index (χ0v) is 16.0. The number of hydrogen-bond donors (Lipinski definition) is 3. The van der Waals surface area contributed by atoms with E-state index in [0.29, 0.717) is 25.0 Å². The van der Waals surface area contributed by atoms with E-state index in [-0.39, 0.29) is 24.8 Å². The fraction of sp³-hybridized carbons (Fsp3) is 0.588. The average Bonchev–Trinajstić information content (AvgIpc) is 2.91. The Kier molecular flexibility index (Phi) is 6.74. The summed E-state index contributed by atoms with van der Waals surface area (Å²) in [5.41, 5.74) is 0.651. The lowest BCUT2D eigenvalue weighted by molar-refractivity contribution is -0.136. The van der Waals surface area contributed by atoms with Crippen LogP contribution in [0.15, 0.2) is 0 Å². The summed E-state index contributed by atoms with van der Waals surface area (Å²) < 4.78 is 10.9. The third kappa shape index (κ3) is 4.80. The van der Waals surface area contributed by atoms with E-state index < -0.39 is 23.4 Å². The Morgan fingerprint density at radius 2 is 2.04 bits per heavy atom. The van der Waals surface area contributed by atoms with E-state index in [9.17, 15) is 14.4 Å². The molecule has 2 amide bonds. The van der Waals surface area contributed by atoms with Gasteiger partial charge in [-0.3, -0.25) is 9.59 Å². The van der Waals surface area contributed by atoms with Crippen LogP contribution in [-0.4, -0.2) is 48.2 Å². The van der Waals surface area contributed by atoms with Gasteiger partial charge in [0.2, 0.25) is 0 Å². The summed E-state index contributed by atoms with van der Waals surface area (Å²) in [6.45, 7) is 6.20. The average molecular weight is 384 g/mol. The second-order valence-electron chi connectivity index (χ2n) is 6.44. The molecule has 0 aromatic carbocycles. The van der Waals surface area contributed by atoms with E-state index in [0.717, 1.165) is 10.4 Å². The molecule has 9 heteroatoms. The largest absolute Gasteiger partial charge is 0.462 e. The maximum atomic E-state index is 12.4. The molecule has 0 bridgehead atoms. The first-order valence-electron chi connectivity index (χ1n) is 8.44. The molecule has 1 aromatic rings. The topological polar surface area (TPSA) is 114 Å². The number of esters is 1. The van der Waals surface area contributed by atoms with Crippen LogP contribution < -0.4 is 10.6 Å². The van der Waals surface area contributed by atoms with Gasteiger partial charge >= 0.3 is 17.8 Å². The van der Waals surface area contributed by atoms with Crippen molar-refractivity contribution in [2.45, 2.75) is 45.8 Å². The molecule has 144 valence electrons. The molecule has 8 nitrogen and oxygen atoms in total. The first-order chi connectivity index (χ1) is 12.3. The predicted octanol–water partition coefficient (Wildman–Crippen LogP) is 1.21. The molecule has 0 saturated heterocycles. The molecule has 1 aromatic heterocycles. The lowest BCUT2D eigenvalue weighted by Crippen LogP contribution is -2.36. The van der Waals surface area contributed by atoms with Gasteiger partial charge in [0.1, 0.15) is 5.00 Å². The van der Waals surface area contributed by atoms with E-state index in [4.69, 9.17) is 14.6 Å². The standard InChI is InChI=1S/C17H24N2O6S/c1-4-24-16(23)12-10-8-17(2,3)25-9-11(10)26-15(12)19-14(22)13(21)18-6-5-7-20/h20H,4-9H2,1-3H3,(H,18,21)(H,19,22). The number of ether oxygens (including phenoxy) is 2. The Hall–Kier alpha value is -1.97. The van der Waals surface area contributed by atoms with E-state index in [1.165, 1.54) is 11.3 Å². The van der Waals surface area contributed by atoms with Gasteiger partial charge in [0, 0.05) is 24.4 Å². The molecule has 26 heavy (non-hydrogen) atoms. The molecule has 3 N–H and O–H groups in total. The number of thiophene rings is 1. The van der Waals surface area contributed by atoms with Crippen molar-refractivity contribution in [3.63, 3.8) is 0 Å². The van der Waals surface area contributed by atoms with Gasteiger partial charge in [-0.1, -0.05) is 0 Å². The summed E-state index contributed by atoms with van der Waals surface area (Å²) in [6.07, 6.45) is 0.859. The van der Waals surface area contributed by atoms with E-state index in [1.807, 2.05) is 13.8 Å². The molecule has 0 unspecified atom stereocenters. The van der Waals surface area contributed by atoms with Gasteiger partial charge in [0.25, 0.3) is 0 Å². The minimum Gasteiger partial charge on any atom is -0.462 e. The lowest BCUT2D eigenvalue weighted by Gasteiger charge is -2.30. The first-order valence-corrected chi connectivity index (χ1v) is 9.26. The number of hydrogen-bond acceptors (Lipinski definition) is 7. The number of aliphatic hydroxyl groups is 1. The van der Waals surface area contributed by atoms with E-state index in [2.05, 4.69) is 10.6 Å². The van der Waals surface area contributed by atoms with Crippen molar-refractivity contribution in [3.8, 4) is 0 Å². The fourth-order valence-electron chi connectivity index (χ4n) is 2.58. The smallest absolute Gasteiger partial charge is 0.341 e. The van der Waals surface area contributed by atoms with Crippen molar-refractivity contribution in [1.29, 1.82) is 0 Å². The number of carbonyl (C=O) groups is 3. The van der Waals surface area contributed by atoms with Crippen LogP contribution in [0.2, 0.25) is 0 Å². The summed E-state index contributed by atoms with van der Waals surface area (Å²) in [6, 6.07) is 0. The normalized spacial score (nSPS) is 15.1. The minimum atomic E-state index is -0.868. The van der Waals surface area contributed by atoms with Gasteiger partial charge in [-0.25, -0.2) is 4.79 Å². The minimum absolute atomic E-state index is 0.0810. The monoisotopic (exact) mass is 384 g/mol. The van der Waals surface area contributed by atoms with Crippen LogP contribution in [0.4, 0.5) is 5.00 Å². The zero-order valence-electron chi connectivity index (χ0n) is 15.1.